The second-order valence-corrected chi connectivity index (χ2v) is 7.21. The number of urea groups is 1. The van der Waals surface area contributed by atoms with Gasteiger partial charge in [0.25, 0.3) is 0 Å². The summed E-state index contributed by atoms with van der Waals surface area (Å²) in [6.45, 7) is 2.04. The molecule has 2 rings (SSSR count). The van der Waals surface area contributed by atoms with Crippen LogP contribution in [0.3, 0.4) is 0 Å². The lowest BCUT2D eigenvalue weighted by atomic mass is 10.1. The molecule has 1 aromatic rings. The standard InChI is InChI=1S/C13H16N2O5S/c1-9-2-3-10(12(16)17)8-11(9)14-13(18)15-4-6-21(19,20)7-5-15/h2-3,8H,4-7H2,1H3,(H,14,18)(H,16,17). The molecule has 1 fully saturated rings. The van der Waals surface area contributed by atoms with Crippen LogP contribution in [0.15, 0.2) is 18.2 Å². The fourth-order valence-corrected chi connectivity index (χ4v) is 3.20. The molecule has 21 heavy (non-hydrogen) atoms. The van der Waals surface area contributed by atoms with Crippen molar-refractivity contribution in [2.75, 3.05) is 29.9 Å². The first-order valence-corrected chi connectivity index (χ1v) is 8.21. The number of carbonyl (C=O) groups is 2. The van der Waals surface area contributed by atoms with Gasteiger partial charge in [-0.25, -0.2) is 18.0 Å². The number of benzene rings is 1. The van der Waals surface area contributed by atoms with Crippen LogP contribution in [-0.4, -0.2) is 55.0 Å². The number of rotatable bonds is 2. The van der Waals surface area contributed by atoms with E-state index in [2.05, 4.69) is 5.32 Å². The van der Waals surface area contributed by atoms with Crippen molar-refractivity contribution in [1.82, 2.24) is 4.90 Å². The van der Waals surface area contributed by atoms with Crippen LogP contribution >= 0.6 is 0 Å². The minimum Gasteiger partial charge on any atom is -0.478 e. The molecule has 0 aromatic heterocycles. The topological polar surface area (TPSA) is 104 Å². The summed E-state index contributed by atoms with van der Waals surface area (Å²) in [5.41, 5.74) is 1.23. The number of aryl methyl sites for hydroxylation is 1. The first kappa shape index (κ1) is 15.3. The van der Waals surface area contributed by atoms with E-state index >= 15 is 0 Å². The second kappa shape index (κ2) is 5.72. The Hall–Kier alpha value is -2.09. The maximum Gasteiger partial charge on any atom is 0.335 e. The van der Waals surface area contributed by atoms with Crippen LogP contribution in [0.25, 0.3) is 0 Å². The van der Waals surface area contributed by atoms with Crippen LogP contribution in [0.2, 0.25) is 0 Å². The van der Waals surface area contributed by atoms with Crippen LogP contribution < -0.4 is 5.32 Å². The van der Waals surface area contributed by atoms with Gasteiger partial charge in [-0.05, 0) is 24.6 Å². The summed E-state index contributed by atoms with van der Waals surface area (Å²) in [5.74, 6) is -1.17. The van der Waals surface area contributed by atoms with Gasteiger partial charge in [-0.3, -0.25) is 0 Å². The molecule has 1 heterocycles. The van der Waals surface area contributed by atoms with Crippen molar-refractivity contribution >= 4 is 27.5 Å². The zero-order valence-corrected chi connectivity index (χ0v) is 12.3. The molecule has 1 aromatic carbocycles. The zero-order valence-electron chi connectivity index (χ0n) is 11.5. The van der Waals surface area contributed by atoms with E-state index in [1.165, 1.54) is 17.0 Å². The summed E-state index contributed by atoms with van der Waals surface area (Å²) in [7, 11) is -3.05. The molecule has 7 nitrogen and oxygen atoms in total. The van der Waals surface area contributed by atoms with Crippen LogP contribution in [0, 0.1) is 6.92 Å². The molecule has 1 saturated heterocycles. The number of aromatic carboxylic acids is 1. The number of amides is 2. The third kappa shape index (κ3) is 3.72. The monoisotopic (exact) mass is 312 g/mol. The lowest BCUT2D eigenvalue weighted by Crippen LogP contribution is -2.45. The van der Waals surface area contributed by atoms with Gasteiger partial charge in [0.05, 0.1) is 17.1 Å². The summed E-state index contributed by atoms with van der Waals surface area (Å²) in [6, 6.07) is 4.03. The van der Waals surface area contributed by atoms with Crippen molar-refractivity contribution in [1.29, 1.82) is 0 Å². The number of sulfone groups is 1. The molecule has 1 aliphatic rings. The van der Waals surface area contributed by atoms with Crippen LogP contribution in [0.4, 0.5) is 10.5 Å². The number of carboxylic acid groups (broad SMARTS) is 1. The predicted octanol–water partition coefficient (Wildman–Crippen LogP) is 0.956. The molecule has 2 N–H and O–H groups in total. The Morgan fingerprint density at radius 2 is 1.86 bits per heavy atom. The van der Waals surface area contributed by atoms with E-state index in [0.29, 0.717) is 5.69 Å². The molecule has 114 valence electrons. The number of nitrogens with zero attached hydrogens (tertiary/aromatic N) is 1. The maximum atomic E-state index is 12.1. The fraction of sp³-hybridized carbons (Fsp3) is 0.385. The minimum atomic E-state index is -3.05. The van der Waals surface area contributed by atoms with E-state index in [0.717, 1.165) is 5.56 Å². The lowest BCUT2D eigenvalue weighted by Gasteiger charge is -2.27. The van der Waals surface area contributed by atoms with Gasteiger partial charge < -0.3 is 15.3 Å². The Balaban J connectivity index is 2.09. The number of nitrogens with one attached hydrogen (secondary N) is 1. The Labute approximate surface area is 122 Å². The van der Waals surface area contributed by atoms with E-state index in [4.69, 9.17) is 5.11 Å². The minimum absolute atomic E-state index is 0.0471. The lowest BCUT2D eigenvalue weighted by molar-refractivity contribution is 0.0697. The van der Waals surface area contributed by atoms with Gasteiger partial charge in [0.15, 0.2) is 9.84 Å². The van der Waals surface area contributed by atoms with Crippen molar-refractivity contribution in [3.05, 3.63) is 29.3 Å². The van der Waals surface area contributed by atoms with Gasteiger partial charge in [0.2, 0.25) is 0 Å². The van der Waals surface area contributed by atoms with Gasteiger partial charge in [0.1, 0.15) is 0 Å². The van der Waals surface area contributed by atoms with Gasteiger partial charge in [-0.15, -0.1) is 0 Å². The van der Waals surface area contributed by atoms with E-state index in [9.17, 15) is 18.0 Å². The zero-order chi connectivity index (χ0) is 15.6. The molecule has 0 radical (unpaired) electrons. The molecule has 0 unspecified atom stereocenters. The van der Waals surface area contributed by atoms with Crippen molar-refractivity contribution in [3.63, 3.8) is 0 Å². The molecule has 0 saturated carbocycles. The molecule has 0 spiro atoms. The fourth-order valence-electron chi connectivity index (χ4n) is 2.00. The molecular weight excluding hydrogens is 296 g/mol. The number of hydrogen-bond donors (Lipinski definition) is 2. The van der Waals surface area contributed by atoms with Crippen molar-refractivity contribution in [2.24, 2.45) is 0 Å². The van der Waals surface area contributed by atoms with Crippen LogP contribution in [0.5, 0.6) is 0 Å². The predicted molar refractivity (Wildman–Crippen MR) is 77.4 cm³/mol. The summed E-state index contributed by atoms with van der Waals surface area (Å²) in [5, 5.41) is 11.6. The molecule has 2 amide bonds. The Bertz CT molecular complexity index is 670. The third-order valence-corrected chi connectivity index (χ3v) is 4.97. The maximum absolute atomic E-state index is 12.1. The Morgan fingerprint density at radius 1 is 1.24 bits per heavy atom. The van der Waals surface area contributed by atoms with E-state index < -0.39 is 21.8 Å². The average Bonchev–Trinajstić information content (AvgIpc) is 2.40. The molecule has 0 aliphatic carbocycles. The first-order chi connectivity index (χ1) is 9.78. The van der Waals surface area contributed by atoms with Gasteiger partial charge in [-0.1, -0.05) is 6.07 Å². The highest BCUT2D eigenvalue weighted by Crippen LogP contribution is 2.18. The third-order valence-electron chi connectivity index (χ3n) is 3.36. The van der Waals surface area contributed by atoms with Crippen molar-refractivity contribution in [2.45, 2.75) is 6.92 Å². The molecule has 0 atom stereocenters. The molecule has 0 bridgehead atoms. The van der Waals surface area contributed by atoms with E-state index in [1.807, 2.05) is 0 Å². The Morgan fingerprint density at radius 3 is 2.43 bits per heavy atom. The average molecular weight is 312 g/mol. The Kier molecular flexibility index (Phi) is 4.17. The number of hydrogen-bond acceptors (Lipinski definition) is 4. The summed E-state index contributed by atoms with van der Waals surface area (Å²) in [4.78, 5) is 24.4. The molecule has 8 heteroatoms. The normalized spacial score (nSPS) is 17.3. The van der Waals surface area contributed by atoms with Crippen molar-refractivity contribution < 1.29 is 23.1 Å². The highest BCUT2D eigenvalue weighted by Gasteiger charge is 2.25. The highest BCUT2D eigenvalue weighted by molar-refractivity contribution is 7.91. The van der Waals surface area contributed by atoms with Gasteiger partial charge >= 0.3 is 12.0 Å². The van der Waals surface area contributed by atoms with E-state index in [-0.39, 0.29) is 30.2 Å². The number of anilines is 1. The number of carbonyl (C=O) groups excluding carboxylic acids is 1. The summed E-state index contributed by atoms with van der Waals surface area (Å²) >= 11 is 0. The van der Waals surface area contributed by atoms with Crippen molar-refractivity contribution in [3.8, 4) is 0 Å². The van der Waals surface area contributed by atoms with Crippen LogP contribution in [0.1, 0.15) is 15.9 Å². The first-order valence-electron chi connectivity index (χ1n) is 6.39. The molecular formula is C13H16N2O5S. The number of carboxylic acids is 1. The smallest absolute Gasteiger partial charge is 0.335 e. The van der Waals surface area contributed by atoms with Gasteiger partial charge in [0, 0.05) is 18.8 Å². The van der Waals surface area contributed by atoms with E-state index in [1.54, 1.807) is 13.0 Å². The quantitative estimate of drug-likeness (QED) is 0.846. The highest BCUT2D eigenvalue weighted by atomic mass is 32.2. The van der Waals surface area contributed by atoms with Crippen LogP contribution in [-0.2, 0) is 9.84 Å². The summed E-state index contributed by atoms with van der Waals surface area (Å²) in [6.07, 6.45) is 0. The molecule has 1 aliphatic heterocycles. The summed E-state index contributed by atoms with van der Waals surface area (Å²) < 4.78 is 22.7. The second-order valence-electron chi connectivity index (χ2n) is 4.90. The van der Waals surface area contributed by atoms with Gasteiger partial charge in [-0.2, -0.15) is 0 Å². The SMILES string of the molecule is Cc1ccc(C(=O)O)cc1NC(=O)N1CCS(=O)(=O)CC1. The largest absolute Gasteiger partial charge is 0.478 e.